The lowest BCUT2D eigenvalue weighted by molar-refractivity contribution is 1.23. The smallest absolute Gasteiger partial charge is 0.257 e. The topological polar surface area (TPSA) is 71.5 Å². The number of hydrogen-bond acceptors (Lipinski definition) is 4. The van der Waals surface area contributed by atoms with Gasteiger partial charge >= 0.3 is 0 Å². The molecule has 6 rings (SSSR count). The molecular weight excluding hydrogens is 408 g/mol. The number of hydrogen-bond donors (Lipinski definition) is 1. The summed E-state index contributed by atoms with van der Waals surface area (Å²) >= 11 is 0. The summed E-state index contributed by atoms with van der Waals surface area (Å²) in [4.78, 5) is 29.2. The standard InChI is InChI=1S/C28H18N4O/c33-28-24(18-10-13-29-14-11-18)17-22-16-23(20-8-9-25-21(15-20)7-4-12-30-25)26(31-27(22)32-28)19-5-2-1-3-6-19/h1-17H,(H,31,32,33). The quantitative estimate of drug-likeness (QED) is 0.384. The SMILES string of the molecule is O=c1[nH]c2nc(-c3ccccc3)c(-c3ccc4ncccc4c3)cc2cc1-c1ccncc1. The number of H-pyrrole nitrogens is 1. The second-order valence-electron chi connectivity index (χ2n) is 7.85. The van der Waals surface area contributed by atoms with Gasteiger partial charge in [-0.1, -0.05) is 42.5 Å². The van der Waals surface area contributed by atoms with Gasteiger partial charge in [0.2, 0.25) is 0 Å². The second kappa shape index (κ2) is 7.80. The Kier molecular flexibility index (Phi) is 4.51. The van der Waals surface area contributed by atoms with E-state index in [0.29, 0.717) is 11.2 Å². The van der Waals surface area contributed by atoms with Gasteiger partial charge in [0.1, 0.15) is 5.65 Å². The molecule has 4 aromatic heterocycles. The molecule has 0 spiro atoms. The van der Waals surface area contributed by atoms with Crippen molar-refractivity contribution in [3.05, 3.63) is 114 Å². The largest absolute Gasteiger partial charge is 0.306 e. The first-order valence-corrected chi connectivity index (χ1v) is 10.7. The second-order valence-corrected chi connectivity index (χ2v) is 7.85. The predicted octanol–water partition coefficient (Wildman–Crippen LogP) is 5.87. The number of nitrogens with one attached hydrogen (secondary N) is 1. The van der Waals surface area contributed by atoms with Gasteiger partial charge in [-0.05, 0) is 53.6 Å². The molecule has 4 heterocycles. The molecule has 5 heteroatoms. The van der Waals surface area contributed by atoms with Crippen LogP contribution in [-0.4, -0.2) is 19.9 Å². The fraction of sp³-hybridized carbons (Fsp3) is 0. The van der Waals surface area contributed by atoms with Crippen molar-refractivity contribution < 1.29 is 0 Å². The van der Waals surface area contributed by atoms with E-state index in [1.54, 1.807) is 18.6 Å². The van der Waals surface area contributed by atoms with Crippen LogP contribution in [-0.2, 0) is 0 Å². The van der Waals surface area contributed by atoms with E-state index in [2.05, 4.69) is 39.2 Å². The summed E-state index contributed by atoms with van der Waals surface area (Å²) in [5.41, 5.74) is 6.57. The van der Waals surface area contributed by atoms with E-state index < -0.39 is 0 Å². The maximum Gasteiger partial charge on any atom is 0.257 e. The highest BCUT2D eigenvalue weighted by Crippen LogP contribution is 2.34. The molecule has 1 N–H and O–H groups in total. The molecule has 0 amide bonds. The van der Waals surface area contributed by atoms with Crippen molar-refractivity contribution in [1.29, 1.82) is 0 Å². The predicted molar refractivity (Wildman–Crippen MR) is 132 cm³/mol. The molecule has 0 saturated carbocycles. The first-order chi connectivity index (χ1) is 16.3. The van der Waals surface area contributed by atoms with Crippen molar-refractivity contribution in [3.63, 3.8) is 0 Å². The molecule has 0 aliphatic rings. The lowest BCUT2D eigenvalue weighted by Gasteiger charge is -2.13. The molecule has 33 heavy (non-hydrogen) atoms. The minimum absolute atomic E-state index is 0.176. The fourth-order valence-corrected chi connectivity index (χ4v) is 4.16. The Labute approximate surface area is 189 Å². The van der Waals surface area contributed by atoms with Gasteiger partial charge in [0, 0.05) is 46.1 Å². The molecule has 0 fully saturated rings. The van der Waals surface area contributed by atoms with E-state index in [1.165, 1.54) is 0 Å². The third kappa shape index (κ3) is 3.46. The summed E-state index contributed by atoms with van der Waals surface area (Å²) in [6.07, 6.45) is 5.17. The van der Waals surface area contributed by atoms with Crippen LogP contribution in [0, 0.1) is 0 Å². The van der Waals surface area contributed by atoms with Crippen molar-refractivity contribution in [2.24, 2.45) is 0 Å². The van der Waals surface area contributed by atoms with Gasteiger partial charge in [-0.15, -0.1) is 0 Å². The first kappa shape index (κ1) is 19.1. The van der Waals surface area contributed by atoms with Crippen LogP contribution < -0.4 is 5.56 Å². The number of benzene rings is 2. The van der Waals surface area contributed by atoms with Gasteiger partial charge in [-0.2, -0.15) is 0 Å². The molecule has 6 aromatic rings. The number of aromatic nitrogens is 4. The van der Waals surface area contributed by atoms with Crippen LogP contribution in [0.5, 0.6) is 0 Å². The Morgan fingerprint density at radius 3 is 2.30 bits per heavy atom. The molecule has 2 aromatic carbocycles. The van der Waals surface area contributed by atoms with Crippen molar-refractivity contribution in [1.82, 2.24) is 19.9 Å². The van der Waals surface area contributed by atoms with Crippen molar-refractivity contribution in [2.75, 3.05) is 0 Å². The van der Waals surface area contributed by atoms with Crippen molar-refractivity contribution >= 4 is 21.9 Å². The third-order valence-electron chi connectivity index (χ3n) is 5.78. The van der Waals surface area contributed by atoms with E-state index in [1.807, 2.05) is 60.7 Å². The number of pyridine rings is 4. The number of fused-ring (bicyclic) bond motifs is 2. The van der Waals surface area contributed by atoms with Crippen LogP contribution in [0.3, 0.4) is 0 Å². The van der Waals surface area contributed by atoms with Gasteiger partial charge in [-0.3, -0.25) is 14.8 Å². The van der Waals surface area contributed by atoms with Crippen molar-refractivity contribution in [2.45, 2.75) is 0 Å². The zero-order valence-corrected chi connectivity index (χ0v) is 17.6. The summed E-state index contributed by atoms with van der Waals surface area (Å²) in [5.74, 6) is 0. The maximum atomic E-state index is 12.9. The Morgan fingerprint density at radius 1 is 0.636 bits per heavy atom. The molecule has 5 nitrogen and oxygen atoms in total. The van der Waals surface area contributed by atoms with Gasteiger partial charge in [0.05, 0.1) is 11.2 Å². The summed E-state index contributed by atoms with van der Waals surface area (Å²) in [6.45, 7) is 0. The first-order valence-electron chi connectivity index (χ1n) is 10.7. The molecule has 0 unspecified atom stereocenters. The Balaban J connectivity index is 1.64. The van der Waals surface area contributed by atoms with E-state index >= 15 is 0 Å². The summed E-state index contributed by atoms with van der Waals surface area (Å²) < 4.78 is 0. The van der Waals surface area contributed by atoms with Crippen LogP contribution in [0.1, 0.15) is 0 Å². The van der Waals surface area contributed by atoms with Crippen LogP contribution in [0.25, 0.3) is 55.4 Å². The maximum absolute atomic E-state index is 12.9. The number of aromatic amines is 1. The lowest BCUT2D eigenvalue weighted by atomic mass is 9.96. The monoisotopic (exact) mass is 426 g/mol. The minimum Gasteiger partial charge on any atom is -0.306 e. The highest BCUT2D eigenvalue weighted by molar-refractivity contribution is 5.94. The summed E-state index contributed by atoms with van der Waals surface area (Å²) in [7, 11) is 0. The van der Waals surface area contributed by atoms with Gasteiger partial charge in [0.15, 0.2) is 0 Å². The third-order valence-corrected chi connectivity index (χ3v) is 5.78. The van der Waals surface area contributed by atoms with E-state index in [4.69, 9.17) is 4.98 Å². The Bertz CT molecular complexity index is 1680. The number of nitrogens with zero attached hydrogens (tertiary/aromatic N) is 3. The van der Waals surface area contributed by atoms with Gasteiger partial charge in [-0.25, -0.2) is 4.98 Å². The molecule has 0 bridgehead atoms. The highest BCUT2D eigenvalue weighted by Gasteiger charge is 2.14. The van der Waals surface area contributed by atoms with Crippen LogP contribution in [0.4, 0.5) is 0 Å². The Morgan fingerprint density at radius 2 is 1.45 bits per heavy atom. The molecule has 0 atom stereocenters. The van der Waals surface area contributed by atoms with Crippen LogP contribution in [0.2, 0.25) is 0 Å². The average Bonchev–Trinajstić information content (AvgIpc) is 2.88. The van der Waals surface area contributed by atoms with E-state index in [9.17, 15) is 4.79 Å². The average molecular weight is 426 g/mol. The zero-order chi connectivity index (χ0) is 22.2. The Hall–Kier alpha value is -4.64. The van der Waals surface area contributed by atoms with Gasteiger partial charge in [0.25, 0.3) is 5.56 Å². The molecule has 0 aliphatic heterocycles. The van der Waals surface area contributed by atoms with Gasteiger partial charge < -0.3 is 4.98 Å². The zero-order valence-electron chi connectivity index (χ0n) is 17.6. The molecule has 0 saturated heterocycles. The van der Waals surface area contributed by atoms with Crippen molar-refractivity contribution in [3.8, 4) is 33.5 Å². The normalized spacial score (nSPS) is 11.2. The summed E-state index contributed by atoms with van der Waals surface area (Å²) in [5, 5.41) is 1.93. The molecular formula is C28H18N4O. The molecule has 0 aliphatic carbocycles. The lowest BCUT2D eigenvalue weighted by Crippen LogP contribution is -2.10. The molecule has 156 valence electrons. The highest BCUT2D eigenvalue weighted by atomic mass is 16.1. The van der Waals surface area contributed by atoms with E-state index in [-0.39, 0.29) is 5.56 Å². The van der Waals surface area contributed by atoms with Crippen LogP contribution in [0.15, 0.2) is 108 Å². The minimum atomic E-state index is -0.176. The fourth-order valence-electron chi connectivity index (χ4n) is 4.16. The van der Waals surface area contributed by atoms with E-state index in [0.717, 1.165) is 44.2 Å². The summed E-state index contributed by atoms with van der Waals surface area (Å²) in [6, 6.07) is 27.9. The molecule has 0 radical (unpaired) electrons. The van der Waals surface area contributed by atoms with Crippen LogP contribution >= 0.6 is 0 Å². The number of rotatable bonds is 3.